The number of amides is 2. The average molecular weight is 286 g/mol. The predicted molar refractivity (Wildman–Crippen MR) is 70.6 cm³/mol. The van der Waals surface area contributed by atoms with E-state index in [2.05, 4.69) is 0 Å². The van der Waals surface area contributed by atoms with Gasteiger partial charge in [0, 0.05) is 26.2 Å². The molecule has 2 unspecified atom stereocenters. The van der Waals surface area contributed by atoms with E-state index in [1.54, 1.807) is 9.80 Å². The average Bonchev–Trinajstić information content (AvgIpc) is 2.47. The van der Waals surface area contributed by atoms with E-state index in [1.807, 2.05) is 6.92 Å². The summed E-state index contributed by atoms with van der Waals surface area (Å²) >= 11 is 0. The third-order valence-corrected chi connectivity index (χ3v) is 3.66. The number of carboxylic acids is 1. The molecule has 2 amide bonds. The fourth-order valence-electron chi connectivity index (χ4n) is 2.66. The van der Waals surface area contributed by atoms with Crippen molar-refractivity contribution in [2.45, 2.75) is 32.0 Å². The molecule has 0 radical (unpaired) electrons. The summed E-state index contributed by atoms with van der Waals surface area (Å²) in [5.74, 6) is -1.02. The molecule has 0 aliphatic carbocycles. The first-order valence-corrected chi connectivity index (χ1v) is 7.11. The Hall–Kier alpha value is -1.34. The number of ether oxygens (including phenoxy) is 2. The van der Waals surface area contributed by atoms with Gasteiger partial charge in [0.15, 0.2) is 6.10 Å². The number of carbonyl (C=O) groups is 2. The maximum absolute atomic E-state index is 12.4. The van der Waals surface area contributed by atoms with Crippen molar-refractivity contribution in [3.05, 3.63) is 0 Å². The molecular formula is C13H22N2O5. The van der Waals surface area contributed by atoms with Crippen LogP contribution in [0.5, 0.6) is 0 Å². The lowest BCUT2D eigenvalue weighted by molar-refractivity contribution is -0.154. The molecule has 0 aromatic carbocycles. The van der Waals surface area contributed by atoms with Crippen LogP contribution in [-0.2, 0) is 14.3 Å². The molecule has 0 bridgehead atoms. The molecule has 114 valence electrons. The number of carbonyl (C=O) groups excluding carboxylic acids is 1. The highest BCUT2D eigenvalue weighted by Crippen LogP contribution is 2.16. The Labute approximate surface area is 118 Å². The summed E-state index contributed by atoms with van der Waals surface area (Å²) in [6, 6.07) is -0.107. The minimum atomic E-state index is -1.02. The molecule has 0 aromatic rings. The predicted octanol–water partition coefficient (Wildman–Crippen LogP) is 0.393. The smallest absolute Gasteiger partial charge is 0.334 e. The van der Waals surface area contributed by atoms with Gasteiger partial charge in [0.1, 0.15) is 0 Å². The second kappa shape index (κ2) is 6.90. The fraction of sp³-hybridized carbons (Fsp3) is 0.846. The van der Waals surface area contributed by atoms with Crippen LogP contribution in [0.2, 0.25) is 0 Å². The fourth-order valence-corrected chi connectivity index (χ4v) is 2.66. The van der Waals surface area contributed by atoms with E-state index in [1.165, 1.54) is 0 Å². The van der Waals surface area contributed by atoms with E-state index >= 15 is 0 Å². The van der Waals surface area contributed by atoms with Crippen LogP contribution in [0.1, 0.15) is 19.8 Å². The van der Waals surface area contributed by atoms with Crippen LogP contribution < -0.4 is 0 Å². The normalized spacial score (nSPS) is 27.4. The quantitative estimate of drug-likeness (QED) is 0.812. The van der Waals surface area contributed by atoms with E-state index in [0.717, 1.165) is 12.8 Å². The van der Waals surface area contributed by atoms with Crippen molar-refractivity contribution in [1.82, 2.24) is 9.80 Å². The molecule has 2 atom stereocenters. The topological polar surface area (TPSA) is 79.3 Å². The standard InChI is InChI=1S/C13H22N2O5/c1-2-19-10-4-3-5-14(8-10)13(18)15-6-7-20-11(9-15)12(16)17/h10-11H,2-9H2,1H3,(H,16,17). The lowest BCUT2D eigenvalue weighted by Crippen LogP contribution is -2.55. The Morgan fingerprint density at radius 2 is 2.05 bits per heavy atom. The van der Waals surface area contributed by atoms with Crippen LogP contribution in [0.4, 0.5) is 4.79 Å². The highest BCUT2D eigenvalue weighted by molar-refractivity contribution is 5.77. The van der Waals surface area contributed by atoms with Gasteiger partial charge < -0.3 is 24.4 Å². The van der Waals surface area contributed by atoms with Crippen molar-refractivity contribution in [2.75, 3.05) is 39.4 Å². The van der Waals surface area contributed by atoms with Gasteiger partial charge in [-0.25, -0.2) is 9.59 Å². The summed E-state index contributed by atoms with van der Waals surface area (Å²) in [4.78, 5) is 26.7. The Kier molecular flexibility index (Phi) is 5.19. The van der Waals surface area contributed by atoms with Crippen LogP contribution in [0.15, 0.2) is 0 Å². The highest BCUT2D eigenvalue weighted by atomic mass is 16.5. The molecule has 1 N–H and O–H groups in total. The van der Waals surface area contributed by atoms with Crippen molar-refractivity contribution in [3.8, 4) is 0 Å². The molecule has 2 aliphatic heterocycles. The molecular weight excluding hydrogens is 264 g/mol. The largest absolute Gasteiger partial charge is 0.479 e. The number of hydrogen-bond acceptors (Lipinski definition) is 4. The van der Waals surface area contributed by atoms with E-state index in [0.29, 0.717) is 26.2 Å². The van der Waals surface area contributed by atoms with Gasteiger partial charge in [-0.15, -0.1) is 0 Å². The van der Waals surface area contributed by atoms with Gasteiger partial charge in [0.2, 0.25) is 0 Å². The molecule has 20 heavy (non-hydrogen) atoms. The van der Waals surface area contributed by atoms with Crippen LogP contribution in [0.3, 0.4) is 0 Å². The molecule has 0 saturated carbocycles. The minimum absolute atomic E-state index is 0.0917. The Balaban J connectivity index is 1.91. The zero-order valence-electron chi connectivity index (χ0n) is 11.8. The first kappa shape index (κ1) is 15.1. The molecule has 7 heteroatoms. The van der Waals surface area contributed by atoms with E-state index in [4.69, 9.17) is 14.6 Å². The Bertz CT molecular complexity index is 361. The van der Waals surface area contributed by atoms with Gasteiger partial charge in [0.05, 0.1) is 19.3 Å². The summed E-state index contributed by atoms with van der Waals surface area (Å²) in [5.41, 5.74) is 0. The van der Waals surface area contributed by atoms with Crippen molar-refractivity contribution < 1.29 is 24.2 Å². The number of carboxylic acid groups (broad SMARTS) is 1. The first-order valence-electron chi connectivity index (χ1n) is 7.11. The molecule has 7 nitrogen and oxygen atoms in total. The molecule has 0 spiro atoms. The third kappa shape index (κ3) is 3.61. The van der Waals surface area contributed by atoms with Crippen LogP contribution >= 0.6 is 0 Å². The van der Waals surface area contributed by atoms with Crippen LogP contribution in [0.25, 0.3) is 0 Å². The van der Waals surface area contributed by atoms with Crippen molar-refractivity contribution in [1.29, 1.82) is 0 Å². The van der Waals surface area contributed by atoms with Crippen molar-refractivity contribution in [3.63, 3.8) is 0 Å². The summed E-state index contributed by atoms with van der Waals surface area (Å²) in [6.07, 6.45) is 1.07. The SMILES string of the molecule is CCOC1CCCN(C(=O)N2CCOC(C(=O)O)C2)C1. The Morgan fingerprint density at radius 1 is 1.30 bits per heavy atom. The number of urea groups is 1. The highest BCUT2D eigenvalue weighted by Gasteiger charge is 2.33. The number of rotatable bonds is 3. The van der Waals surface area contributed by atoms with Gasteiger partial charge in [-0.2, -0.15) is 0 Å². The second-order valence-electron chi connectivity index (χ2n) is 5.09. The summed E-state index contributed by atoms with van der Waals surface area (Å²) in [7, 11) is 0. The molecule has 2 aliphatic rings. The Morgan fingerprint density at radius 3 is 2.75 bits per heavy atom. The number of aliphatic carboxylic acids is 1. The molecule has 2 saturated heterocycles. The van der Waals surface area contributed by atoms with Crippen molar-refractivity contribution >= 4 is 12.0 Å². The van der Waals surface area contributed by atoms with E-state index in [-0.39, 0.29) is 25.3 Å². The zero-order valence-corrected chi connectivity index (χ0v) is 11.8. The summed E-state index contributed by atoms with van der Waals surface area (Å²) < 4.78 is 10.7. The van der Waals surface area contributed by atoms with Gasteiger partial charge in [-0.1, -0.05) is 0 Å². The number of hydrogen-bond donors (Lipinski definition) is 1. The maximum atomic E-state index is 12.4. The van der Waals surface area contributed by atoms with E-state index in [9.17, 15) is 9.59 Å². The third-order valence-electron chi connectivity index (χ3n) is 3.66. The number of likely N-dealkylation sites (tertiary alicyclic amines) is 1. The van der Waals surface area contributed by atoms with Gasteiger partial charge in [-0.3, -0.25) is 0 Å². The van der Waals surface area contributed by atoms with Gasteiger partial charge in [-0.05, 0) is 19.8 Å². The van der Waals surface area contributed by atoms with Gasteiger partial charge in [0.25, 0.3) is 0 Å². The monoisotopic (exact) mass is 286 g/mol. The number of morpholine rings is 1. The molecule has 2 rings (SSSR count). The van der Waals surface area contributed by atoms with Crippen LogP contribution in [-0.4, -0.2) is 78.5 Å². The van der Waals surface area contributed by atoms with E-state index < -0.39 is 12.1 Å². The van der Waals surface area contributed by atoms with Crippen LogP contribution in [0, 0.1) is 0 Å². The number of piperidine rings is 1. The zero-order chi connectivity index (χ0) is 14.5. The second-order valence-corrected chi connectivity index (χ2v) is 5.09. The molecule has 0 aromatic heterocycles. The summed E-state index contributed by atoms with van der Waals surface area (Å²) in [6.45, 7) is 4.71. The minimum Gasteiger partial charge on any atom is -0.479 e. The van der Waals surface area contributed by atoms with Crippen molar-refractivity contribution in [2.24, 2.45) is 0 Å². The number of nitrogens with zero attached hydrogens (tertiary/aromatic N) is 2. The van der Waals surface area contributed by atoms with Gasteiger partial charge >= 0.3 is 12.0 Å². The summed E-state index contributed by atoms with van der Waals surface area (Å²) in [5, 5.41) is 8.96. The maximum Gasteiger partial charge on any atom is 0.334 e. The lowest BCUT2D eigenvalue weighted by atomic mass is 10.1. The first-order chi connectivity index (χ1) is 9.61. The molecule has 2 heterocycles. The molecule has 2 fully saturated rings. The lowest BCUT2D eigenvalue weighted by Gasteiger charge is -2.38.